The Balaban J connectivity index is 2.74. The summed E-state index contributed by atoms with van der Waals surface area (Å²) in [6, 6.07) is 0. The number of ether oxygens (including phenoxy) is 1. The predicted molar refractivity (Wildman–Crippen MR) is 47.6 cm³/mol. The number of carbonyl (C=O) groups excluding carboxylic acids is 2. The Morgan fingerprint density at radius 1 is 1.62 bits per heavy atom. The van der Waals surface area contributed by atoms with E-state index in [9.17, 15) is 9.59 Å². The maximum absolute atomic E-state index is 10.8. The largest absolute Gasteiger partial charge is 0.449 e. The van der Waals surface area contributed by atoms with E-state index >= 15 is 0 Å². The summed E-state index contributed by atoms with van der Waals surface area (Å²) in [4.78, 5) is 21.2. The molecule has 66 valence electrons. The Hall–Kier alpha value is -1.86. The van der Waals surface area contributed by atoms with Gasteiger partial charge in [0.1, 0.15) is 5.94 Å². The third kappa shape index (κ3) is 2.29. The average Bonchev–Trinajstić information content (AvgIpc) is 2.18. The molecule has 0 spiro atoms. The van der Waals surface area contributed by atoms with Crippen LogP contribution in [0.25, 0.3) is 0 Å². The summed E-state index contributed by atoms with van der Waals surface area (Å²) in [5.74, 6) is 1.14. The maximum atomic E-state index is 10.8. The van der Waals surface area contributed by atoms with Crippen LogP contribution in [0.15, 0.2) is 42.5 Å². The van der Waals surface area contributed by atoms with Gasteiger partial charge < -0.3 is 4.74 Å². The Labute approximate surface area is 75.7 Å². The van der Waals surface area contributed by atoms with E-state index in [0.717, 1.165) is 6.08 Å². The van der Waals surface area contributed by atoms with Gasteiger partial charge in [0.25, 0.3) is 0 Å². The van der Waals surface area contributed by atoms with E-state index < -0.39 is 12.1 Å². The van der Waals surface area contributed by atoms with Crippen LogP contribution in [0, 0.1) is 0 Å². The molecule has 0 radical (unpaired) electrons. The van der Waals surface area contributed by atoms with Crippen molar-refractivity contribution >= 4 is 11.9 Å². The first-order valence-electron chi connectivity index (χ1n) is 3.71. The highest BCUT2D eigenvalue weighted by Gasteiger charge is 2.15. The number of rotatable bonds is 2. The molecule has 0 saturated carbocycles. The Bertz CT molecular complexity index is 330. The fourth-order valence-corrected chi connectivity index (χ4v) is 0.891. The minimum atomic E-state index is -0.631. The highest BCUT2D eigenvalue weighted by atomic mass is 16.5. The van der Waals surface area contributed by atoms with Crippen LogP contribution < -0.4 is 0 Å². The van der Waals surface area contributed by atoms with Crippen LogP contribution in [0.5, 0.6) is 0 Å². The highest BCUT2D eigenvalue weighted by Crippen LogP contribution is 2.12. The Morgan fingerprint density at radius 3 is 3.00 bits per heavy atom. The summed E-state index contributed by atoms with van der Waals surface area (Å²) in [5.41, 5.74) is 0.303. The van der Waals surface area contributed by atoms with Gasteiger partial charge in [0, 0.05) is 6.08 Å². The Kier molecular flexibility index (Phi) is 3.01. The van der Waals surface area contributed by atoms with Crippen LogP contribution in [0.3, 0.4) is 0 Å². The van der Waals surface area contributed by atoms with Crippen molar-refractivity contribution in [2.75, 3.05) is 0 Å². The van der Waals surface area contributed by atoms with Gasteiger partial charge in [0.05, 0.1) is 5.57 Å². The lowest BCUT2D eigenvalue weighted by Gasteiger charge is -2.13. The molecule has 1 aliphatic carbocycles. The molecule has 1 aliphatic rings. The van der Waals surface area contributed by atoms with Crippen LogP contribution in [0.2, 0.25) is 0 Å². The van der Waals surface area contributed by atoms with E-state index in [2.05, 4.69) is 6.58 Å². The van der Waals surface area contributed by atoms with Gasteiger partial charge >= 0.3 is 5.97 Å². The van der Waals surface area contributed by atoms with Gasteiger partial charge in [-0.1, -0.05) is 18.7 Å². The summed E-state index contributed by atoms with van der Waals surface area (Å²) in [7, 11) is 0. The lowest BCUT2D eigenvalue weighted by Crippen LogP contribution is -2.17. The van der Waals surface area contributed by atoms with Crippen LogP contribution in [0.1, 0.15) is 0 Å². The monoisotopic (exact) mass is 176 g/mol. The molecule has 0 fully saturated rings. The van der Waals surface area contributed by atoms with Gasteiger partial charge in [-0.05, 0) is 12.2 Å². The molecule has 0 aromatic rings. The van der Waals surface area contributed by atoms with E-state index in [1.54, 1.807) is 30.2 Å². The lowest BCUT2D eigenvalue weighted by atomic mass is 10.1. The molecule has 13 heavy (non-hydrogen) atoms. The zero-order chi connectivity index (χ0) is 9.68. The lowest BCUT2D eigenvalue weighted by molar-refractivity contribution is -0.139. The second-order valence-electron chi connectivity index (χ2n) is 2.36. The van der Waals surface area contributed by atoms with Crippen molar-refractivity contribution in [2.45, 2.75) is 6.10 Å². The van der Waals surface area contributed by atoms with Gasteiger partial charge in [0.15, 0.2) is 6.10 Å². The first-order valence-corrected chi connectivity index (χ1v) is 3.71. The van der Waals surface area contributed by atoms with Crippen molar-refractivity contribution in [3.63, 3.8) is 0 Å². The quantitative estimate of drug-likeness (QED) is 0.357. The van der Waals surface area contributed by atoms with Crippen LogP contribution in [-0.2, 0) is 14.3 Å². The molecule has 1 unspecified atom stereocenters. The molecule has 0 aromatic carbocycles. The number of allylic oxidation sites excluding steroid dienone is 2. The van der Waals surface area contributed by atoms with Gasteiger partial charge in [-0.25, -0.2) is 9.59 Å². The molecule has 0 saturated heterocycles. The first kappa shape index (κ1) is 9.23. The van der Waals surface area contributed by atoms with Gasteiger partial charge in [-0.15, -0.1) is 0 Å². The van der Waals surface area contributed by atoms with Crippen molar-refractivity contribution in [2.24, 2.45) is 0 Å². The first-order chi connectivity index (χ1) is 6.27. The third-order valence-electron chi connectivity index (χ3n) is 1.51. The molecule has 0 bridgehead atoms. The third-order valence-corrected chi connectivity index (χ3v) is 1.51. The van der Waals surface area contributed by atoms with Crippen molar-refractivity contribution in [1.82, 2.24) is 0 Å². The van der Waals surface area contributed by atoms with Gasteiger partial charge in [-0.2, -0.15) is 0 Å². The minimum absolute atomic E-state index is 0.303. The second kappa shape index (κ2) is 4.24. The summed E-state index contributed by atoms with van der Waals surface area (Å²) in [6.07, 6.45) is 6.94. The summed E-state index contributed by atoms with van der Waals surface area (Å²) >= 11 is 0. The summed E-state index contributed by atoms with van der Waals surface area (Å²) in [6.45, 7) is 3.25. The summed E-state index contributed by atoms with van der Waals surface area (Å²) in [5, 5.41) is 0. The van der Waals surface area contributed by atoms with Crippen molar-refractivity contribution < 1.29 is 14.3 Å². The van der Waals surface area contributed by atoms with E-state index in [1.807, 2.05) is 0 Å². The number of hydrogen-bond donors (Lipinski definition) is 0. The molecular formula is C10H8O3. The molecule has 3 heteroatoms. The van der Waals surface area contributed by atoms with Crippen LogP contribution in [-0.4, -0.2) is 18.0 Å². The zero-order valence-electron chi connectivity index (χ0n) is 6.90. The standard InChI is InChI=1S/C10H8O3/c1-2-10(12)13-9-6-4-3-5-8(9)7-11/h2-6,9H,1H2. The van der Waals surface area contributed by atoms with E-state index in [4.69, 9.17) is 4.74 Å². The normalized spacial score (nSPS) is 19.4. The smallest absolute Gasteiger partial charge is 0.331 e. The van der Waals surface area contributed by atoms with Crippen molar-refractivity contribution in [3.05, 3.63) is 42.5 Å². The van der Waals surface area contributed by atoms with E-state index in [-0.39, 0.29) is 0 Å². The van der Waals surface area contributed by atoms with Gasteiger partial charge in [-0.3, -0.25) is 0 Å². The number of esters is 1. The molecule has 0 N–H and O–H groups in total. The van der Waals surface area contributed by atoms with Crippen LogP contribution in [0.4, 0.5) is 0 Å². The van der Waals surface area contributed by atoms with E-state index in [1.165, 1.54) is 0 Å². The fraction of sp³-hybridized carbons (Fsp3) is 0.100. The molecule has 0 heterocycles. The van der Waals surface area contributed by atoms with E-state index in [0.29, 0.717) is 5.57 Å². The van der Waals surface area contributed by atoms with Gasteiger partial charge in [0.2, 0.25) is 0 Å². The van der Waals surface area contributed by atoms with Crippen molar-refractivity contribution in [3.8, 4) is 0 Å². The maximum Gasteiger partial charge on any atom is 0.331 e. The Morgan fingerprint density at radius 2 is 2.38 bits per heavy atom. The number of carbonyl (C=O) groups is 1. The highest BCUT2D eigenvalue weighted by molar-refractivity contribution is 5.82. The SMILES string of the molecule is C=CC(=O)OC1C=CC=CC1=C=O. The minimum Gasteiger partial charge on any atom is -0.449 e. The molecule has 0 aromatic heterocycles. The molecule has 1 rings (SSSR count). The molecule has 3 nitrogen and oxygen atoms in total. The molecule has 0 amide bonds. The molecular weight excluding hydrogens is 168 g/mol. The fourth-order valence-electron chi connectivity index (χ4n) is 0.891. The molecule has 1 atom stereocenters. The second-order valence-corrected chi connectivity index (χ2v) is 2.36. The van der Waals surface area contributed by atoms with Crippen molar-refractivity contribution in [1.29, 1.82) is 0 Å². The van der Waals surface area contributed by atoms with Crippen LogP contribution >= 0.6 is 0 Å². The topological polar surface area (TPSA) is 43.4 Å². The predicted octanol–water partition coefficient (Wildman–Crippen LogP) is 0.968. The summed E-state index contributed by atoms with van der Waals surface area (Å²) < 4.78 is 4.85. The zero-order valence-corrected chi connectivity index (χ0v) is 6.90. The number of hydrogen-bond acceptors (Lipinski definition) is 3. The molecule has 0 aliphatic heterocycles. The average molecular weight is 176 g/mol.